The van der Waals surface area contributed by atoms with Crippen LogP contribution in [0.15, 0.2) is 5.38 Å². The van der Waals surface area contributed by atoms with Gasteiger partial charge in [-0.15, -0.1) is 11.3 Å². The van der Waals surface area contributed by atoms with E-state index in [2.05, 4.69) is 17.3 Å². The van der Waals surface area contributed by atoms with E-state index in [0.717, 1.165) is 36.4 Å². The zero-order chi connectivity index (χ0) is 12.3. The quantitative estimate of drug-likeness (QED) is 0.810. The lowest BCUT2D eigenvalue weighted by atomic mass is 10.3. The number of hydrogen-bond acceptors (Lipinski definition) is 4. The fraction of sp³-hybridized carbons (Fsp3) is 0.667. The van der Waals surface area contributed by atoms with E-state index < -0.39 is 5.97 Å². The molecular weight excluding hydrogens is 236 g/mol. The van der Waals surface area contributed by atoms with Crippen molar-refractivity contribution in [2.45, 2.75) is 45.2 Å². The van der Waals surface area contributed by atoms with Gasteiger partial charge in [0.25, 0.3) is 0 Å². The lowest BCUT2D eigenvalue weighted by molar-refractivity contribution is -0.138. The molecule has 0 amide bonds. The molecule has 1 aliphatic rings. The highest BCUT2D eigenvalue weighted by molar-refractivity contribution is 7.09. The van der Waals surface area contributed by atoms with E-state index in [1.807, 2.05) is 4.90 Å². The van der Waals surface area contributed by atoms with Crippen LogP contribution < -0.4 is 0 Å². The van der Waals surface area contributed by atoms with Crippen molar-refractivity contribution < 1.29 is 9.90 Å². The first-order valence-corrected chi connectivity index (χ1v) is 6.96. The second-order valence-electron chi connectivity index (χ2n) is 4.51. The largest absolute Gasteiger partial charge is 0.480 e. The number of aliphatic carboxylic acids is 1. The van der Waals surface area contributed by atoms with Gasteiger partial charge < -0.3 is 5.11 Å². The van der Waals surface area contributed by atoms with Crippen molar-refractivity contribution in [3.63, 3.8) is 0 Å². The fourth-order valence-electron chi connectivity index (χ4n) is 1.89. The Labute approximate surface area is 105 Å². The molecule has 0 bridgehead atoms. The molecule has 0 spiro atoms. The standard InChI is InChI=1S/C12H18N2O2S/c1-2-3-11-13-9(8-17-11)6-14(7-12(15)16)10-4-5-10/h8,10H,2-7H2,1H3,(H,15,16). The number of rotatable bonds is 7. The van der Waals surface area contributed by atoms with Gasteiger partial charge in [-0.25, -0.2) is 4.98 Å². The van der Waals surface area contributed by atoms with Gasteiger partial charge in [0.05, 0.1) is 17.2 Å². The van der Waals surface area contributed by atoms with Crippen LogP contribution in [0.4, 0.5) is 0 Å². The summed E-state index contributed by atoms with van der Waals surface area (Å²) in [6.07, 6.45) is 4.37. The van der Waals surface area contributed by atoms with E-state index in [1.54, 1.807) is 11.3 Å². The van der Waals surface area contributed by atoms with Gasteiger partial charge in [0.1, 0.15) is 0 Å². The molecule has 0 unspecified atom stereocenters. The maximum atomic E-state index is 10.8. The van der Waals surface area contributed by atoms with Gasteiger partial charge in [0.15, 0.2) is 0 Å². The highest BCUT2D eigenvalue weighted by Gasteiger charge is 2.30. The maximum absolute atomic E-state index is 10.8. The summed E-state index contributed by atoms with van der Waals surface area (Å²) < 4.78 is 0. The third kappa shape index (κ3) is 3.78. The van der Waals surface area contributed by atoms with Crippen molar-refractivity contribution in [3.8, 4) is 0 Å². The molecule has 0 atom stereocenters. The Morgan fingerprint density at radius 3 is 3.00 bits per heavy atom. The normalized spacial score (nSPS) is 15.4. The first-order chi connectivity index (χ1) is 8.19. The van der Waals surface area contributed by atoms with Crippen molar-refractivity contribution in [1.82, 2.24) is 9.88 Å². The Balaban J connectivity index is 1.93. The van der Waals surface area contributed by atoms with E-state index in [1.165, 1.54) is 0 Å². The van der Waals surface area contributed by atoms with Crippen molar-refractivity contribution in [2.75, 3.05) is 6.54 Å². The summed E-state index contributed by atoms with van der Waals surface area (Å²) >= 11 is 1.68. The molecular formula is C12H18N2O2S. The van der Waals surface area contributed by atoms with E-state index in [4.69, 9.17) is 5.11 Å². The molecule has 0 aliphatic heterocycles. The maximum Gasteiger partial charge on any atom is 0.317 e. The van der Waals surface area contributed by atoms with Gasteiger partial charge in [-0.05, 0) is 25.7 Å². The molecule has 1 aromatic heterocycles. The molecule has 0 radical (unpaired) electrons. The Bertz CT molecular complexity index is 388. The molecule has 1 fully saturated rings. The van der Waals surface area contributed by atoms with Gasteiger partial charge >= 0.3 is 5.97 Å². The van der Waals surface area contributed by atoms with Crippen LogP contribution in [0.25, 0.3) is 0 Å². The van der Waals surface area contributed by atoms with E-state index in [-0.39, 0.29) is 6.54 Å². The van der Waals surface area contributed by atoms with E-state index in [9.17, 15) is 4.79 Å². The molecule has 0 saturated heterocycles. The average molecular weight is 254 g/mol. The summed E-state index contributed by atoms with van der Waals surface area (Å²) in [5.41, 5.74) is 1.02. The van der Waals surface area contributed by atoms with Crippen LogP contribution in [-0.4, -0.2) is 33.5 Å². The number of hydrogen-bond donors (Lipinski definition) is 1. The van der Waals surface area contributed by atoms with Gasteiger partial charge in [-0.2, -0.15) is 0 Å². The summed E-state index contributed by atoms with van der Waals surface area (Å²) in [5.74, 6) is -0.749. The number of thiazole rings is 1. The summed E-state index contributed by atoms with van der Waals surface area (Å²) in [6, 6.07) is 0.461. The molecule has 1 aromatic rings. The van der Waals surface area contributed by atoms with Gasteiger partial charge in [-0.1, -0.05) is 6.92 Å². The highest BCUT2D eigenvalue weighted by Crippen LogP contribution is 2.28. The number of carboxylic acids is 1. The predicted molar refractivity (Wildman–Crippen MR) is 67.2 cm³/mol. The molecule has 1 heterocycles. The van der Waals surface area contributed by atoms with E-state index in [0.29, 0.717) is 12.6 Å². The molecule has 94 valence electrons. The zero-order valence-corrected chi connectivity index (χ0v) is 10.9. The Morgan fingerprint density at radius 1 is 1.65 bits per heavy atom. The monoisotopic (exact) mass is 254 g/mol. The van der Waals surface area contributed by atoms with Gasteiger partial charge in [0.2, 0.25) is 0 Å². The lowest BCUT2D eigenvalue weighted by Crippen LogP contribution is -2.31. The average Bonchev–Trinajstić information content (AvgIpc) is 3.01. The molecule has 1 aliphatic carbocycles. The number of aromatic nitrogens is 1. The summed E-state index contributed by atoms with van der Waals surface area (Å²) in [5, 5.41) is 12.1. The SMILES string of the molecule is CCCc1nc(CN(CC(=O)O)C2CC2)cs1. The van der Waals surface area contributed by atoms with Crippen LogP contribution in [0.5, 0.6) is 0 Å². The summed E-state index contributed by atoms with van der Waals surface area (Å²) in [7, 11) is 0. The number of carbonyl (C=O) groups is 1. The lowest BCUT2D eigenvalue weighted by Gasteiger charge is -2.17. The summed E-state index contributed by atoms with van der Waals surface area (Å²) in [4.78, 5) is 17.3. The molecule has 2 rings (SSSR count). The third-order valence-corrected chi connectivity index (χ3v) is 3.79. The smallest absolute Gasteiger partial charge is 0.317 e. The van der Waals surface area contributed by atoms with Crippen molar-refractivity contribution >= 4 is 17.3 Å². The molecule has 17 heavy (non-hydrogen) atoms. The van der Waals surface area contributed by atoms with Crippen LogP contribution in [-0.2, 0) is 17.8 Å². The fourth-order valence-corrected chi connectivity index (χ4v) is 2.78. The predicted octanol–water partition coefficient (Wildman–Crippen LogP) is 2.14. The molecule has 5 heteroatoms. The number of nitrogens with zero attached hydrogens (tertiary/aromatic N) is 2. The Morgan fingerprint density at radius 2 is 2.41 bits per heavy atom. The molecule has 1 saturated carbocycles. The van der Waals surface area contributed by atoms with Crippen molar-refractivity contribution in [1.29, 1.82) is 0 Å². The first-order valence-electron chi connectivity index (χ1n) is 6.08. The zero-order valence-electron chi connectivity index (χ0n) is 10.1. The molecule has 0 aromatic carbocycles. The summed E-state index contributed by atoms with van der Waals surface area (Å²) in [6.45, 7) is 2.95. The van der Waals surface area contributed by atoms with Crippen LogP contribution >= 0.6 is 11.3 Å². The first kappa shape index (κ1) is 12.5. The minimum absolute atomic E-state index is 0.130. The number of aryl methyl sites for hydroxylation is 1. The minimum Gasteiger partial charge on any atom is -0.480 e. The second-order valence-corrected chi connectivity index (χ2v) is 5.46. The Hall–Kier alpha value is -0.940. The van der Waals surface area contributed by atoms with Crippen LogP contribution in [0.2, 0.25) is 0 Å². The molecule has 1 N–H and O–H groups in total. The second kappa shape index (κ2) is 5.60. The topological polar surface area (TPSA) is 53.4 Å². The van der Waals surface area contributed by atoms with Crippen LogP contribution in [0, 0.1) is 0 Å². The Kier molecular flexibility index (Phi) is 4.12. The van der Waals surface area contributed by atoms with Gasteiger partial charge in [0, 0.05) is 18.0 Å². The van der Waals surface area contributed by atoms with Crippen molar-refractivity contribution in [3.05, 3.63) is 16.1 Å². The van der Waals surface area contributed by atoms with Crippen molar-refractivity contribution in [2.24, 2.45) is 0 Å². The number of carboxylic acid groups (broad SMARTS) is 1. The van der Waals surface area contributed by atoms with Crippen LogP contribution in [0.1, 0.15) is 36.9 Å². The third-order valence-electron chi connectivity index (χ3n) is 2.83. The molecule has 4 nitrogen and oxygen atoms in total. The van der Waals surface area contributed by atoms with E-state index >= 15 is 0 Å². The van der Waals surface area contributed by atoms with Gasteiger partial charge in [-0.3, -0.25) is 9.69 Å². The highest BCUT2D eigenvalue weighted by atomic mass is 32.1. The minimum atomic E-state index is -0.749. The van der Waals surface area contributed by atoms with Crippen LogP contribution in [0.3, 0.4) is 0 Å².